The Kier molecular flexibility index (Phi) is 5.13. The minimum absolute atomic E-state index is 0.120. The lowest BCUT2D eigenvalue weighted by Crippen LogP contribution is -2.46. The molecule has 1 fully saturated rings. The summed E-state index contributed by atoms with van der Waals surface area (Å²) in [6, 6.07) is 16.4. The Bertz CT molecular complexity index is 676. The number of carbonyl (C=O) groups is 1. The molecule has 2 aromatic carbocycles. The molecule has 0 atom stereocenters. The smallest absolute Gasteiger partial charge is 0.159 e. The molecule has 0 amide bonds. The maximum absolute atomic E-state index is 11.4. The number of halogens is 1. The van der Waals surface area contributed by atoms with Gasteiger partial charge in [-0.1, -0.05) is 34.1 Å². The quantitative estimate of drug-likeness (QED) is 0.758. The van der Waals surface area contributed by atoms with E-state index in [0.717, 1.165) is 38.3 Å². The molecular formula is C19H21BrN2O. The van der Waals surface area contributed by atoms with Crippen molar-refractivity contribution < 1.29 is 4.79 Å². The Labute approximate surface area is 146 Å². The highest BCUT2D eigenvalue weighted by Gasteiger charge is 2.18. The van der Waals surface area contributed by atoms with Crippen LogP contribution in [0, 0.1) is 0 Å². The number of hydrogen-bond donors (Lipinski definition) is 0. The maximum Gasteiger partial charge on any atom is 0.159 e. The lowest BCUT2D eigenvalue weighted by atomic mass is 10.1. The van der Waals surface area contributed by atoms with Crippen molar-refractivity contribution in [1.82, 2.24) is 4.90 Å². The number of hydrogen-bond acceptors (Lipinski definition) is 3. The summed E-state index contributed by atoms with van der Waals surface area (Å²) in [5.74, 6) is 0.120. The Balaban J connectivity index is 1.58. The Morgan fingerprint density at radius 1 is 1.00 bits per heavy atom. The fourth-order valence-corrected chi connectivity index (χ4v) is 3.35. The van der Waals surface area contributed by atoms with Crippen LogP contribution in [0.1, 0.15) is 22.8 Å². The van der Waals surface area contributed by atoms with E-state index in [1.165, 1.54) is 15.7 Å². The highest BCUT2D eigenvalue weighted by molar-refractivity contribution is 9.10. The van der Waals surface area contributed by atoms with E-state index in [1.54, 1.807) is 6.92 Å². The minimum atomic E-state index is 0.120. The average Bonchev–Trinajstić information content (AvgIpc) is 2.58. The third kappa shape index (κ3) is 4.01. The van der Waals surface area contributed by atoms with Crippen LogP contribution in [0.15, 0.2) is 53.0 Å². The van der Waals surface area contributed by atoms with E-state index >= 15 is 0 Å². The summed E-state index contributed by atoms with van der Waals surface area (Å²) in [5.41, 5.74) is 3.32. The fraction of sp³-hybridized carbons (Fsp3) is 0.316. The van der Waals surface area contributed by atoms with Gasteiger partial charge in [0.2, 0.25) is 0 Å². The van der Waals surface area contributed by atoms with Crippen LogP contribution in [0.2, 0.25) is 0 Å². The molecule has 3 nitrogen and oxygen atoms in total. The first-order chi connectivity index (χ1) is 11.1. The monoisotopic (exact) mass is 372 g/mol. The van der Waals surface area contributed by atoms with E-state index in [-0.39, 0.29) is 5.78 Å². The van der Waals surface area contributed by atoms with Gasteiger partial charge in [0.15, 0.2) is 5.78 Å². The van der Waals surface area contributed by atoms with Gasteiger partial charge in [-0.3, -0.25) is 9.69 Å². The molecule has 120 valence electrons. The number of anilines is 1. The van der Waals surface area contributed by atoms with Crippen LogP contribution < -0.4 is 4.90 Å². The molecule has 0 saturated carbocycles. The predicted molar refractivity (Wildman–Crippen MR) is 98.1 cm³/mol. The highest BCUT2D eigenvalue weighted by atomic mass is 79.9. The fourth-order valence-electron chi connectivity index (χ4n) is 2.94. The Hall–Kier alpha value is -1.65. The molecule has 1 heterocycles. The summed E-state index contributed by atoms with van der Waals surface area (Å²) in [5, 5.41) is 0. The summed E-state index contributed by atoms with van der Waals surface area (Å²) in [6.07, 6.45) is 0. The number of ketones is 1. The Morgan fingerprint density at radius 2 is 1.65 bits per heavy atom. The second-order valence-corrected chi connectivity index (χ2v) is 6.81. The number of nitrogens with zero attached hydrogens (tertiary/aromatic N) is 2. The Morgan fingerprint density at radius 3 is 2.26 bits per heavy atom. The highest BCUT2D eigenvalue weighted by Crippen LogP contribution is 2.21. The first-order valence-electron chi connectivity index (χ1n) is 7.95. The number of Topliss-reactive ketones (excluding diaryl/α,β-unsaturated/α-hetero) is 1. The molecule has 0 spiro atoms. The van der Waals surface area contributed by atoms with Gasteiger partial charge in [-0.05, 0) is 42.8 Å². The largest absolute Gasteiger partial charge is 0.369 e. The molecule has 3 rings (SSSR count). The number of rotatable bonds is 4. The van der Waals surface area contributed by atoms with Gasteiger partial charge in [0, 0.05) is 48.4 Å². The molecule has 1 aliphatic heterocycles. The first kappa shape index (κ1) is 16.2. The number of carbonyl (C=O) groups excluding carboxylic acids is 1. The summed E-state index contributed by atoms with van der Waals surface area (Å²) >= 11 is 3.63. The van der Waals surface area contributed by atoms with E-state index in [9.17, 15) is 4.79 Å². The van der Waals surface area contributed by atoms with Gasteiger partial charge in [0.1, 0.15) is 0 Å². The summed E-state index contributed by atoms with van der Waals surface area (Å²) in [7, 11) is 0. The molecule has 1 saturated heterocycles. The van der Waals surface area contributed by atoms with Crippen LogP contribution in [0.3, 0.4) is 0 Å². The van der Waals surface area contributed by atoms with Crippen molar-refractivity contribution in [3.8, 4) is 0 Å². The lowest BCUT2D eigenvalue weighted by molar-refractivity contribution is 0.101. The zero-order valence-corrected chi connectivity index (χ0v) is 14.9. The standard InChI is InChI=1S/C19H21BrN2O/c1-15(23)16-6-8-18(9-7-16)22-12-10-21(11-13-22)14-17-4-2-3-5-19(17)20/h2-9H,10-14H2,1H3. The molecule has 23 heavy (non-hydrogen) atoms. The minimum Gasteiger partial charge on any atom is -0.369 e. The van der Waals surface area contributed by atoms with Crippen molar-refractivity contribution in [3.63, 3.8) is 0 Å². The third-order valence-corrected chi connectivity index (χ3v) is 5.14. The van der Waals surface area contributed by atoms with Gasteiger partial charge in [0.05, 0.1) is 0 Å². The van der Waals surface area contributed by atoms with E-state index in [1.807, 2.05) is 12.1 Å². The zero-order valence-electron chi connectivity index (χ0n) is 13.3. The molecule has 0 unspecified atom stereocenters. The van der Waals surface area contributed by atoms with Crippen molar-refractivity contribution in [3.05, 3.63) is 64.1 Å². The van der Waals surface area contributed by atoms with E-state index < -0.39 is 0 Å². The molecule has 1 aliphatic rings. The maximum atomic E-state index is 11.4. The SMILES string of the molecule is CC(=O)c1ccc(N2CCN(Cc3ccccc3Br)CC2)cc1. The first-order valence-corrected chi connectivity index (χ1v) is 8.74. The molecule has 4 heteroatoms. The molecule has 0 aromatic heterocycles. The van der Waals surface area contributed by atoms with E-state index in [2.05, 4.69) is 62.1 Å². The normalized spacial score (nSPS) is 15.7. The van der Waals surface area contributed by atoms with Gasteiger partial charge in [-0.15, -0.1) is 0 Å². The topological polar surface area (TPSA) is 23.6 Å². The van der Waals surface area contributed by atoms with Crippen molar-refractivity contribution in [2.24, 2.45) is 0 Å². The van der Waals surface area contributed by atoms with Crippen LogP contribution in [0.25, 0.3) is 0 Å². The molecule has 0 radical (unpaired) electrons. The van der Waals surface area contributed by atoms with Crippen molar-refractivity contribution in [1.29, 1.82) is 0 Å². The second-order valence-electron chi connectivity index (χ2n) is 5.96. The molecule has 0 aliphatic carbocycles. The summed E-state index contributed by atoms with van der Waals surface area (Å²) < 4.78 is 1.18. The van der Waals surface area contributed by atoms with Gasteiger partial charge in [0.25, 0.3) is 0 Å². The molecule has 0 bridgehead atoms. The van der Waals surface area contributed by atoms with Gasteiger partial charge < -0.3 is 4.90 Å². The van der Waals surface area contributed by atoms with E-state index in [0.29, 0.717) is 0 Å². The molecule has 2 aromatic rings. The number of piperazine rings is 1. The van der Waals surface area contributed by atoms with Crippen LogP contribution >= 0.6 is 15.9 Å². The van der Waals surface area contributed by atoms with E-state index in [4.69, 9.17) is 0 Å². The lowest BCUT2D eigenvalue weighted by Gasteiger charge is -2.36. The average molecular weight is 373 g/mol. The van der Waals surface area contributed by atoms with Gasteiger partial charge in [-0.25, -0.2) is 0 Å². The van der Waals surface area contributed by atoms with Gasteiger partial charge >= 0.3 is 0 Å². The number of benzene rings is 2. The molecule has 0 N–H and O–H groups in total. The van der Waals surface area contributed by atoms with Gasteiger partial charge in [-0.2, -0.15) is 0 Å². The van der Waals surface area contributed by atoms with Crippen molar-refractivity contribution >= 4 is 27.4 Å². The predicted octanol–water partition coefficient (Wildman–Crippen LogP) is 3.97. The summed E-state index contributed by atoms with van der Waals surface area (Å²) in [4.78, 5) is 16.2. The zero-order chi connectivity index (χ0) is 16.2. The second kappa shape index (κ2) is 7.28. The van der Waals surface area contributed by atoms with Crippen LogP contribution in [-0.2, 0) is 6.54 Å². The van der Waals surface area contributed by atoms with Crippen LogP contribution in [0.5, 0.6) is 0 Å². The van der Waals surface area contributed by atoms with Crippen molar-refractivity contribution in [2.45, 2.75) is 13.5 Å². The summed E-state index contributed by atoms with van der Waals surface area (Å²) in [6.45, 7) is 6.73. The third-order valence-electron chi connectivity index (χ3n) is 4.36. The van der Waals surface area contributed by atoms with Crippen LogP contribution in [0.4, 0.5) is 5.69 Å². The molecular weight excluding hydrogens is 352 g/mol. The van der Waals surface area contributed by atoms with Crippen molar-refractivity contribution in [2.75, 3.05) is 31.1 Å². The van der Waals surface area contributed by atoms with Crippen LogP contribution in [-0.4, -0.2) is 36.9 Å².